The molecule has 12 heavy (non-hydrogen) atoms. The van der Waals surface area contributed by atoms with E-state index >= 15 is 0 Å². The molecule has 0 bridgehead atoms. The Hall–Kier alpha value is -0.570. The van der Waals surface area contributed by atoms with Crippen molar-refractivity contribution in [1.29, 1.82) is 0 Å². The summed E-state index contributed by atoms with van der Waals surface area (Å²) in [6.07, 6.45) is 4.78. The van der Waals surface area contributed by atoms with Gasteiger partial charge in [0.15, 0.2) is 0 Å². The number of carbonyl (C=O) groups is 1. The maximum atomic E-state index is 10.4. The lowest BCUT2D eigenvalue weighted by molar-refractivity contribution is -0.117. The fourth-order valence-corrected chi connectivity index (χ4v) is 1.52. The summed E-state index contributed by atoms with van der Waals surface area (Å²) in [5, 5.41) is 0. The molecule has 0 radical (unpaired) electrons. The third-order valence-corrected chi connectivity index (χ3v) is 2.31. The summed E-state index contributed by atoms with van der Waals surface area (Å²) in [6.45, 7) is 6.17. The van der Waals surface area contributed by atoms with Crippen LogP contribution >= 0.6 is 0 Å². The van der Waals surface area contributed by atoms with Gasteiger partial charge in [-0.15, -0.1) is 0 Å². The minimum absolute atomic E-state index is 0.840. The highest BCUT2D eigenvalue weighted by molar-refractivity contribution is 5.47. The van der Waals surface area contributed by atoms with Crippen LogP contribution in [0.1, 0.15) is 26.2 Å². The summed E-state index contributed by atoms with van der Waals surface area (Å²) in [7, 11) is 0. The SMILES string of the molecule is CCCCCN1CCN(C=O)C1. The Morgan fingerprint density at radius 1 is 1.33 bits per heavy atom. The van der Waals surface area contributed by atoms with Crippen LogP contribution in [0, 0.1) is 0 Å². The summed E-state index contributed by atoms with van der Waals surface area (Å²) >= 11 is 0. The first-order chi connectivity index (χ1) is 5.86. The molecule has 1 rings (SSSR count). The molecule has 0 saturated carbocycles. The van der Waals surface area contributed by atoms with Crippen molar-refractivity contribution >= 4 is 6.41 Å². The standard InChI is InChI=1S/C9H18N2O/c1-2-3-4-5-10-6-7-11(8-10)9-12/h9H,2-8H2,1H3. The summed E-state index contributed by atoms with van der Waals surface area (Å²) in [5.74, 6) is 0. The molecule has 1 heterocycles. The first-order valence-electron chi connectivity index (χ1n) is 4.78. The lowest BCUT2D eigenvalue weighted by Gasteiger charge is -2.14. The number of nitrogens with zero attached hydrogens (tertiary/aromatic N) is 2. The van der Waals surface area contributed by atoms with E-state index < -0.39 is 0 Å². The van der Waals surface area contributed by atoms with E-state index in [0.29, 0.717) is 0 Å². The monoisotopic (exact) mass is 170 g/mol. The molecule has 70 valence electrons. The van der Waals surface area contributed by atoms with Crippen molar-refractivity contribution in [2.75, 3.05) is 26.3 Å². The van der Waals surface area contributed by atoms with Gasteiger partial charge in [-0.3, -0.25) is 9.69 Å². The number of amides is 1. The third kappa shape index (κ3) is 2.81. The van der Waals surface area contributed by atoms with Crippen LogP contribution in [0.15, 0.2) is 0 Å². The molecule has 1 saturated heterocycles. The maximum Gasteiger partial charge on any atom is 0.210 e. The fraction of sp³-hybridized carbons (Fsp3) is 0.889. The lowest BCUT2D eigenvalue weighted by atomic mass is 10.2. The van der Waals surface area contributed by atoms with Gasteiger partial charge in [-0.2, -0.15) is 0 Å². The van der Waals surface area contributed by atoms with Crippen molar-refractivity contribution in [3.8, 4) is 0 Å². The van der Waals surface area contributed by atoms with Gasteiger partial charge in [0.25, 0.3) is 0 Å². The zero-order chi connectivity index (χ0) is 8.81. The zero-order valence-electron chi connectivity index (χ0n) is 7.83. The average molecular weight is 170 g/mol. The largest absolute Gasteiger partial charge is 0.331 e. The van der Waals surface area contributed by atoms with Crippen LogP contribution < -0.4 is 0 Å². The second-order valence-corrected chi connectivity index (χ2v) is 3.38. The van der Waals surface area contributed by atoms with E-state index in [4.69, 9.17) is 0 Å². The molecule has 1 aliphatic rings. The maximum absolute atomic E-state index is 10.4. The van der Waals surface area contributed by atoms with Crippen LogP contribution in [0.4, 0.5) is 0 Å². The minimum atomic E-state index is 0.840. The van der Waals surface area contributed by atoms with Gasteiger partial charge in [0, 0.05) is 13.1 Å². The molecule has 0 aromatic heterocycles. The van der Waals surface area contributed by atoms with Gasteiger partial charge >= 0.3 is 0 Å². The molecule has 1 amide bonds. The molecule has 0 aliphatic carbocycles. The highest BCUT2D eigenvalue weighted by Gasteiger charge is 2.16. The molecular formula is C9H18N2O. The smallest absolute Gasteiger partial charge is 0.210 e. The van der Waals surface area contributed by atoms with Crippen LogP contribution in [0.2, 0.25) is 0 Å². The van der Waals surface area contributed by atoms with Gasteiger partial charge in [-0.05, 0) is 13.0 Å². The summed E-state index contributed by atoms with van der Waals surface area (Å²) in [5.41, 5.74) is 0. The van der Waals surface area contributed by atoms with Crippen molar-refractivity contribution in [3.05, 3.63) is 0 Å². The van der Waals surface area contributed by atoms with Crippen LogP contribution in [0.5, 0.6) is 0 Å². The number of hydrogen-bond acceptors (Lipinski definition) is 2. The van der Waals surface area contributed by atoms with E-state index in [1.807, 2.05) is 4.90 Å². The van der Waals surface area contributed by atoms with Crippen LogP contribution in [0.25, 0.3) is 0 Å². The number of rotatable bonds is 5. The zero-order valence-corrected chi connectivity index (χ0v) is 7.83. The van der Waals surface area contributed by atoms with Gasteiger partial charge in [0.05, 0.1) is 6.67 Å². The highest BCUT2D eigenvalue weighted by atomic mass is 16.1. The Morgan fingerprint density at radius 3 is 2.75 bits per heavy atom. The molecule has 3 nitrogen and oxygen atoms in total. The van der Waals surface area contributed by atoms with Gasteiger partial charge in [0.1, 0.15) is 0 Å². The predicted octanol–water partition coefficient (Wildman–Crippen LogP) is 0.908. The Balaban J connectivity index is 2.06. The molecule has 0 aromatic rings. The van der Waals surface area contributed by atoms with Crippen LogP contribution in [-0.2, 0) is 4.79 Å². The lowest BCUT2D eigenvalue weighted by Crippen LogP contribution is -2.25. The Kier molecular flexibility index (Phi) is 4.08. The van der Waals surface area contributed by atoms with Gasteiger partial charge < -0.3 is 4.90 Å². The van der Waals surface area contributed by atoms with Crippen LogP contribution in [0.3, 0.4) is 0 Å². The summed E-state index contributed by atoms with van der Waals surface area (Å²) < 4.78 is 0. The van der Waals surface area contributed by atoms with Crippen molar-refractivity contribution < 1.29 is 4.79 Å². The third-order valence-electron chi connectivity index (χ3n) is 2.31. The summed E-state index contributed by atoms with van der Waals surface area (Å²) in [4.78, 5) is 14.5. The van der Waals surface area contributed by atoms with E-state index in [1.165, 1.54) is 19.3 Å². The first-order valence-corrected chi connectivity index (χ1v) is 4.78. The molecule has 0 aromatic carbocycles. The number of carbonyl (C=O) groups excluding carboxylic acids is 1. The normalized spacial score (nSPS) is 18.6. The average Bonchev–Trinajstić information content (AvgIpc) is 2.53. The molecule has 3 heteroatoms. The van der Waals surface area contributed by atoms with Gasteiger partial charge in [0.2, 0.25) is 6.41 Å². The first kappa shape index (κ1) is 9.52. The molecule has 0 N–H and O–H groups in total. The van der Waals surface area contributed by atoms with E-state index in [2.05, 4.69) is 11.8 Å². The molecular weight excluding hydrogens is 152 g/mol. The van der Waals surface area contributed by atoms with E-state index in [0.717, 1.165) is 32.7 Å². The molecule has 1 fully saturated rings. The second-order valence-electron chi connectivity index (χ2n) is 3.38. The van der Waals surface area contributed by atoms with Crippen molar-refractivity contribution in [1.82, 2.24) is 9.80 Å². The quantitative estimate of drug-likeness (QED) is 0.452. The second kappa shape index (κ2) is 5.14. The Bertz CT molecular complexity index is 138. The van der Waals surface area contributed by atoms with Gasteiger partial charge in [-0.25, -0.2) is 0 Å². The number of hydrogen-bond donors (Lipinski definition) is 0. The van der Waals surface area contributed by atoms with Crippen molar-refractivity contribution in [2.45, 2.75) is 26.2 Å². The van der Waals surface area contributed by atoms with E-state index in [-0.39, 0.29) is 0 Å². The summed E-state index contributed by atoms with van der Waals surface area (Å²) in [6, 6.07) is 0. The topological polar surface area (TPSA) is 23.6 Å². The predicted molar refractivity (Wildman–Crippen MR) is 48.7 cm³/mol. The van der Waals surface area contributed by atoms with Crippen molar-refractivity contribution in [3.63, 3.8) is 0 Å². The number of unbranched alkanes of at least 4 members (excludes halogenated alkanes) is 2. The Labute approximate surface area is 74.3 Å². The van der Waals surface area contributed by atoms with E-state index in [1.54, 1.807) is 0 Å². The minimum Gasteiger partial charge on any atom is -0.331 e. The molecule has 0 atom stereocenters. The molecule has 1 aliphatic heterocycles. The van der Waals surface area contributed by atoms with E-state index in [9.17, 15) is 4.79 Å². The van der Waals surface area contributed by atoms with Crippen molar-refractivity contribution in [2.24, 2.45) is 0 Å². The molecule has 0 spiro atoms. The molecule has 0 unspecified atom stereocenters. The Morgan fingerprint density at radius 2 is 2.17 bits per heavy atom. The van der Waals surface area contributed by atoms with Crippen LogP contribution in [-0.4, -0.2) is 42.5 Å². The highest BCUT2D eigenvalue weighted by Crippen LogP contribution is 2.04. The fourth-order valence-electron chi connectivity index (χ4n) is 1.52. The van der Waals surface area contributed by atoms with Gasteiger partial charge in [-0.1, -0.05) is 19.8 Å².